The van der Waals surface area contributed by atoms with Gasteiger partial charge in [-0.25, -0.2) is 0 Å². The van der Waals surface area contributed by atoms with Gasteiger partial charge in [0.2, 0.25) is 23.0 Å². The van der Waals surface area contributed by atoms with Crippen molar-refractivity contribution in [3.05, 3.63) is 75.9 Å². The van der Waals surface area contributed by atoms with Gasteiger partial charge < -0.3 is 30.2 Å². The third kappa shape index (κ3) is 7.21. The summed E-state index contributed by atoms with van der Waals surface area (Å²) < 4.78 is 17.1. The number of carbonyl (C=O) groups excluding carboxylic acids is 2. The number of methoxy groups -OCH3 is 3. The van der Waals surface area contributed by atoms with E-state index in [0.717, 1.165) is 47.2 Å². The highest BCUT2D eigenvalue weighted by atomic mass is 16.5. The molecule has 0 bridgehead atoms. The first-order valence-corrected chi connectivity index (χ1v) is 14.2. The standard InChI is InChI=1S/C33H39N3O6/c1-21(37)35-26-16-14-22-19-29(40-2)32(41-3)33(42-4)31(22)24-15-17-27(28(38)20-25(24)26)34-18-10-6-9-13-30(39)36-23-11-7-5-8-12-23/h5,7-8,11-12,15,17,19-20,26H,6,9-10,13-14,16,18H2,1-4H3,(H,34,38)(H,35,37)(H,36,39). The minimum atomic E-state index is -0.360. The summed E-state index contributed by atoms with van der Waals surface area (Å²) in [6.45, 7) is 2.06. The van der Waals surface area contributed by atoms with Crippen LogP contribution in [0.25, 0.3) is 11.1 Å². The molecule has 42 heavy (non-hydrogen) atoms. The molecule has 0 aliphatic heterocycles. The van der Waals surface area contributed by atoms with Gasteiger partial charge in [0, 0.05) is 31.1 Å². The first-order valence-electron chi connectivity index (χ1n) is 14.2. The van der Waals surface area contributed by atoms with Crippen LogP contribution in [0.3, 0.4) is 0 Å². The molecule has 0 heterocycles. The van der Waals surface area contributed by atoms with Gasteiger partial charge in [0.15, 0.2) is 11.5 Å². The quantitative estimate of drug-likeness (QED) is 0.246. The number of unbranched alkanes of at least 4 members (excludes halogenated alkanes) is 2. The molecule has 0 spiro atoms. The molecule has 0 aromatic heterocycles. The number of hydrogen-bond acceptors (Lipinski definition) is 7. The molecule has 0 saturated carbocycles. The maximum atomic E-state index is 13.4. The maximum Gasteiger partial charge on any atom is 0.224 e. The number of rotatable bonds is 12. The third-order valence-electron chi connectivity index (χ3n) is 7.37. The highest BCUT2D eigenvalue weighted by molar-refractivity contribution is 5.90. The Kier molecular flexibility index (Phi) is 10.4. The fraction of sp³-hybridized carbons (Fsp3) is 0.364. The van der Waals surface area contributed by atoms with Crippen LogP contribution in [-0.4, -0.2) is 39.7 Å². The van der Waals surface area contributed by atoms with Gasteiger partial charge in [-0.3, -0.25) is 14.4 Å². The first-order chi connectivity index (χ1) is 20.4. The monoisotopic (exact) mass is 573 g/mol. The molecule has 4 rings (SSSR count). The van der Waals surface area contributed by atoms with Crippen LogP contribution in [0.2, 0.25) is 0 Å². The van der Waals surface area contributed by atoms with Crippen molar-refractivity contribution in [2.24, 2.45) is 0 Å². The van der Waals surface area contributed by atoms with E-state index in [9.17, 15) is 14.4 Å². The predicted octanol–water partition coefficient (Wildman–Crippen LogP) is 5.47. The van der Waals surface area contributed by atoms with Crippen molar-refractivity contribution in [2.45, 2.75) is 51.5 Å². The number of aryl methyl sites for hydroxylation is 1. The Morgan fingerprint density at radius 3 is 2.36 bits per heavy atom. The average molecular weight is 574 g/mol. The number of anilines is 2. The Labute approximate surface area is 246 Å². The van der Waals surface area contributed by atoms with Crippen LogP contribution in [0.5, 0.6) is 17.2 Å². The Bertz CT molecular complexity index is 1480. The molecule has 1 atom stereocenters. The van der Waals surface area contributed by atoms with Gasteiger partial charge in [-0.2, -0.15) is 0 Å². The van der Waals surface area contributed by atoms with Crippen molar-refractivity contribution >= 4 is 23.2 Å². The second kappa shape index (κ2) is 14.4. The van der Waals surface area contributed by atoms with Crippen LogP contribution in [0.4, 0.5) is 11.4 Å². The predicted molar refractivity (Wildman–Crippen MR) is 165 cm³/mol. The fourth-order valence-electron chi connectivity index (χ4n) is 5.41. The van der Waals surface area contributed by atoms with Crippen molar-refractivity contribution in [1.29, 1.82) is 0 Å². The first kappa shape index (κ1) is 30.4. The Hall–Kier alpha value is -4.53. The molecular weight excluding hydrogens is 534 g/mol. The Morgan fingerprint density at radius 2 is 1.67 bits per heavy atom. The van der Waals surface area contributed by atoms with Crippen LogP contribution < -0.4 is 35.6 Å². The third-order valence-corrected chi connectivity index (χ3v) is 7.37. The molecule has 1 unspecified atom stereocenters. The van der Waals surface area contributed by atoms with E-state index in [4.69, 9.17) is 14.2 Å². The highest BCUT2D eigenvalue weighted by Gasteiger charge is 2.29. The smallest absolute Gasteiger partial charge is 0.224 e. The summed E-state index contributed by atoms with van der Waals surface area (Å²) in [5, 5.41) is 9.20. The van der Waals surface area contributed by atoms with Gasteiger partial charge >= 0.3 is 0 Å². The lowest BCUT2D eigenvalue weighted by molar-refractivity contribution is -0.119. The summed E-state index contributed by atoms with van der Waals surface area (Å²) in [7, 11) is 4.71. The van der Waals surface area contributed by atoms with E-state index in [2.05, 4.69) is 16.0 Å². The van der Waals surface area contributed by atoms with Crippen molar-refractivity contribution in [3.63, 3.8) is 0 Å². The molecule has 3 aromatic rings. The molecule has 0 fully saturated rings. The molecule has 0 saturated heterocycles. The van der Waals surface area contributed by atoms with Crippen molar-refractivity contribution in [2.75, 3.05) is 38.5 Å². The molecule has 3 aromatic carbocycles. The highest BCUT2D eigenvalue weighted by Crippen LogP contribution is 2.50. The van der Waals surface area contributed by atoms with Gasteiger partial charge in [-0.1, -0.05) is 30.7 Å². The number of ether oxygens (including phenoxy) is 3. The summed E-state index contributed by atoms with van der Waals surface area (Å²) >= 11 is 0. The zero-order chi connectivity index (χ0) is 30.1. The summed E-state index contributed by atoms with van der Waals surface area (Å²) in [6, 6.07) is 16.3. The van der Waals surface area contributed by atoms with Crippen LogP contribution in [0.1, 0.15) is 56.2 Å². The van der Waals surface area contributed by atoms with Gasteiger partial charge in [-0.05, 0) is 72.7 Å². The maximum absolute atomic E-state index is 13.4. The van der Waals surface area contributed by atoms with Gasteiger partial charge in [0.25, 0.3) is 0 Å². The summed E-state index contributed by atoms with van der Waals surface area (Å²) in [4.78, 5) is 37.7. The molecule has 222 valence electrons. The number of hydrogen-bond donors (Lipinski definition) is 3. The molecule has 1 aliphatic carbocycles. The van der Waals surface area contributed by atoms with Crippen LogP contribution in [0.15, 0.2) is 59.4 Å². The second-order valence-corrected chi connectivity index (χ2v) is 10.2. The lowest BCUT2D eigenvalue weighted by Crippen LogP contribution is -2.26. The number of fused-ring (bicyclic) bond motifs is 3. The normalized spacial score (nSPS) is 13.6. The van der Waals surface area contributed by atoms with Gasteiger partial charge in [0.05, 0.1) is 33.1 Å². The molecule has 0 radical (unpaired) electrons. The molecular formula is C33H39N3O6. The average Bonchev–Trinajstić information content (AvgIpc) is 3.22. The molecule has 9 nitrogen and oxygen atoms in total. The largest absolute Gasteiger partial charge is 0.493 e. The van der Waals surface area contributed by atoms with Crippen molar-refractivity contribution in [3.8, 4) is 28.4 Å². The van der Waals surface area contributed by atoms with E-state index in [-0.39, 0.29) is 23.3 Å². The summed E-state index contributed by atoms with van der Waals surface area (Å²) in [6.07, 6.45) is 4.07. The minimum Gasteiger partial charge on any atom is -0.493 e. The number of benzene rings is 2. The number of amides is 2. The van der Waals surface area contributed by atoms with Crippen molar-refractivity contribution in [1.82, 2.24) is 5.32 Å². The molecule has 3 N–H and O–H groups in total. The van der Waals surface area contributed by atoms with Crippen LogP contribution >= 0.6 is 0 Å². The van der Waals surface area contributed by atoms with Gasteiger partial charge in [0.1, 0.15) is 0 Å². The topological polar surface area (TPSA) is 115 Å². The Morgan fingerprint density at radius 1 is 0.905 bits per heavy atom. The molecule has 1 aliphatic rings. The van der Waals surface area contributed by atoms with E-state index in [1.807, 2.05) is 42.5 Å². The number of carbonyl (C=O) groups is 2. The zero-order valence-corrected chi connectivity index (χ0v) is 24.7. The molecule has 9 heteroatoms. The van der Waals surface area contributed by atoms with E-state index >= 15 is 0 Å². The van der Waals surface area contributed by atoms with Gasteiger partial charge in [-0.15, -0.1) is 0 Å². The van der Waals surface area contributed by atoms with Crippen LogP contribution in [-0.2, 0) is 16.0 Å². The Balaban J connectivity index is 1.53. The lowest BCUT2D eigenvalue weighted by Gasteiger charge is -2.19. The number of para-hydroxylation sites is 1. The van der Waals surface area contributed by atoms with E-state index < -0.39 is 0 Å². The molecule has 2 amide bonds. The number of nitrogens with one attached hydrogen (secondary N) is 3. The van der Waals surface area contributed by atoms with Crippen molar-refractivity contribution < 1.29 is 23.8 Å². The summed E-state index contributed by atoms with van der Waals surface area (Å²) in [5.74, 6) is 1.35. The van der Waals surface area contributed by atoms with E-state index in [0.29, 0.717) is 48.7 Å². The lowest BCUT2D eigenvalue weighted by atomic mass is 9.95. The summed E-state index contributed by atoms with van der Waals surface area (Å²) in [5.41, 5.74) is 4.38. The minimum absolute atomic E-state index is 0.00808. The van der Waals surface area contributed by atoms with E-state index in [1.54, 1.807) is 33.5 Å². The zero-order valence-electron chi connectivity index (χ0n) is 24.7. The SMILES string of the molecule is COc1cc2c(c(OC)c1OC)-c1ccc(NCCCCCC(=O)Nc3ccccc3)c(=O)cc1C(NC(C)=O)CC2. The fourth-order valence-corrected chi connectivity index (χ4v) is 5.41. The van der Waals surface area contributed by atoms with Crippen LogP contribution in [0, 0.1) is 0 Å². The van der Waals surface area contributed by atoms with E-state index in [1.165, 1.54) is 6.92 Å². The second-order valence-electron chi connectivity index (χ2n) is 10.2.